The maximum absolute atomic E-state index is 12.5. The van der Waals surface area contributed by atoms with E-state index in [2.05, 4.69) is 15.6 Å². The van der Waals surface area contributed by atoms with Crippen LogP contribution in [0.2, 0.25) is 0 Å². The zero-order valence-electron chi connectivity index (χ0n) is 17.1. The molecule has 1 aliphatic rings. The maximum Gasteiger partial charge on any atom is 0.313 e. The van der Waals surface area contributed by atoms with Crippen LogP contribution >= 0.6 is 0 Å². The molecule has 1 aromatic carbocycles. The molecule has 29 heavy (non-hydrogen) atoms. The summed E-state index contributed by atoms with van der Waals surface area (Å²) in [6.07, 6.45) is 5.31. The Morgan fingerprint density at radius 1 is 1.21 bits per heavy atom. The molecule has 0 radical (unpaired) electrons. The van der Waals surface area contributed by atoms with Crippen LogP contribution in [0.3, 0.4) is 0 Å². The molecule has 3 amide bonds. The molecular formula is C21H27N5O3. The summed E-state index contributed by atoms with van der Waals surface area (Å²) in [6, 6.07) is 5.45. The Balaban J connectivity index is 1.61. The van der Waals surface area contributed by atoms with Crippen LogP contribution < -0.4 is 15.5 Å². The van der Waals surface area contributed by atoms with Crippen molar-refractivity contribution in [3.05, 3.63) is 42.0 Å². The van der Waals surface area contributed by atoms with Gasteiger partial charge in [-0.2, -0.15) is 0 Å². The highest BCUT2D eigenvalue weighted by atomic mass is 16.2. The van der Waals surface area contributed by atoms with Crippen molar-refractivity contribution < 1.29 is 14.4 Å². The number of amides is 3. The average Bonchev–Trinajstić information content (AvgIpc) is 3.11. The van der Waals surface area contributed by atoms with Crippen molar-refractivity contribution in [2.75, 3.05) is 23.3 Å². The minimum absolute atomic E-state index is 0.0574. The number of rotatable bonds is 5. The van der Waals surface area contributed by atoms with Gasteiger partial charge in [-0.1, -0.05) is 19.9 Å². The number of anilines is 2. The fraction of sp³-hybridized carbons (Fsp3) is 0.429. The van der Waals surface area contributed by atoms with Crippen molar-refractivity contribution in [2.45, 2.75) is 40.2 Å². The van der Waals surface area contributed by atoms with Gasteiger partial charge < -0.3 is 20.1 Å². The zero-order valence-corrected chi connectivity index (χ0v) is 17.1. The van der Waals surface area contributed by atoms with Crippen LogP contribution in [0.1, 0.15) is 31.7 Å². The van der Waals surface area contributed by atoms with E-state index in [4.69, 9.17) is 0 Å². The number of imidazole rings is 1. The second kappa shape index (κ2) is 8.89. The molecule has 2 heterocycles. The summed E-state index contributed by atoms with van der Waals surface area (Å²) < 4.78 is 1.89. The van der Waals surface area contributed by atoms with E-state index in [0.29, 0.717) is 25.3 Å². The van der Waals surface area contributed by atoms with Crippen molar-refractivity contribution in [2.24, 2.45) is 5.92 Å². The van der Waals surface area contributed by atoms with E-state index in [1.54, 1.807) is 23.2 Å². The number of nitrogens with one attached hydrogen (secondary N) is 2. The summed E-state index contributed by atoms with van der Waals surface area (Å²) >= 11 is 0. The lowest BCUT2D eigenvalue weighted by atomic mass is 9.99. The van der Waals surface area contributed by atoms with Gasteiger partial charge in [-0.25, -0.2) is 4.98 Å². The molecule has 0 aliphatic carbocycles. The van der Waals surface area contributed by atoms with Gasteiger partial charge in [0, 0.05) is 49.3 Å². The van der Waals surface area contributed by atoms with E-state index in [1.807, 2.05) is 37.6 Å². The number of nitrogens with zero attached hydrogens (tertiary/aromatic N) is 3. The Labute approximate surface area is 170 Å². The molecule has 1 aliphatic heterocycles. The number of aryl methyl sites for hydroxylation is 2. The number of hydrogen-bond donors (Lipinski definition) is 2. The Bertz CT molecular complexity index is 919. The third-order valence-electron chi connectivity index (χ3n) is 4.99. The number of carbonyl (C=O) groups is 3. The first-order valence-corrected chi connectivity index (χ1v) is 9.88. The molecule has 0 saturated carbocycles. The summed E-state index contributed by atoms with van der Waals surface area (Å²) in [5.41, 5.74) is 2.38. The number of hydrogen-bond acceptors (Lipinski definition) is 4. The molecular weight excluding hydrogens is 370 g/mol. The SMILES string of the molecule is Cc1nccn1CCNC(=O)C(=O)Nc1ccc2c(c1)N(C(=O)C(C)C)CCC2. The number of benzene rings is 1. The van der Waals surface area contributed by atoms with Crippen LogP contribution in [-0.4, -0.2) is 40.4 Å². The molecule has 8 heteroatoms. The topological polar surface area (TPSA) is 96.3 Å². The largest absolute Gasteiger partial charge is 0.346 e. The van der Waals surface area contributed by atoms with E-state index in [-0.39, 0.29) is 11.8 Å². The third-order valence-corrected chi connectivity index (χ3v) is 4.99. The van der Waals surface area contributed by atoms with Gasteiger partial charge in [0.15, 0.2) is 0 Å². The Hall–Kier alpha value is -3.16. The summed E-state index contributed by atoms with van der Waals surface area (Å²) in [7, 11) is 0. The highest BCUT2D eigenvalue weighted by Gasteiger charge is 2.25. The summed E-state index contributed by atoms with van der Waals surface area (Å²) in [5.74, 6) is -0.634. The molecule has 2 N–H and O–H groups in total. The predicted molar refractivity (Wildman–Crippen MR) is 111 cm³/mol. The molecule has 0 spiro atoms. The quantitative estimate of drug-likeness (QED) is 0.753. The molecule has 0 fully saturated rings. The van der Waals surface area contributed by atoms with E-state index < -0.39 is 11.8 Å². The lowest BCUT2D eigenvalue weighted by Gasteiger charge is -2.31. The van der Waals surface area contributed by atoms with Crippen LogP contribution in [0.25, 0.3) is 0 Å². The predicted octanol–water partition coefficient (Wildman–Crippen LogP) is 1.88. The minimum Gasteiger partial charge on any atom is -0.346 e. The van der Waals surface area contributed by atoms with Crippen LogP contribution in [0.5, 0.6) is 0 Å². The molecule has 0 bridgehead atoms. The van der Waals surface area contributed by atoms with Crippen molar-refractivity contribution in [3.8, 4) is 0 Å². The van der Waals surface area contributed by atoms with Gasteiger partial charge in [0.25, 0.3) is 0 Å². The highest BCUT2D eigenvalue weighted by Crippen LogP contribution is 2.31. The normalized spacial score (nSPS) is 13.2. The molecule has 0 saturated heterocycles. The first-order chi connectivity index (χ1) is 13.9. The number of fused-ring (bicyclic) bond motifs is 1. The van der Waals surface area contributed by atoms with Crippen molar-refractivity contribution in [3.63, 3.8) is 0 Å². The zero-order chi connectivity index (χ0) is 21.0. The smallest absolute Gasteiger partial charge is 0.313 e. The first-order valence-electron chi connectivity index (χ1n) is 9.88. The van der Waals surface area contributed by atoms with Crippen LogP contribution in [0.15, 0.2) is 30.6 Å². The molecule has 8 nitrogen and oxygen atoms in total. The summed E-state index contributed by atoms with van der Waals surface area (Å²) in [6.45, 7) is 7.14. The van der Waals surface area contributed by atoms with Gasteiger partial charge in [-0.3, -0.25) is 14.4 Å². The monoisotopic (exact) mass is 397 g/mol. The third kappa shape index (κ3) is 4.82. The molecule has 3 rings (SSSR count). The molecule has 154 valence electrons. The molecule has 1 aromatic heterocycles. The van der Waals surface area contributed by atoms with Gasteiger partial charge in [-0.05, 0) is 37.5 Å². The maximum atomic E-state index is 12.5. The van der Waals surface area contributed by atoms with Gasteiger partial charge in [-0.15, -0.1) is 0 Å². The first kappa shape index (κ1) is 20.6. The van der Waals surface area contributed by atoms with E-state index in [0.717, 1.165) is 29.9 Å². The van der Waals surface area contributed by atoms with E-state index in [9.17, 15) is 14.4 Å². The summed E-state index contributed by atoms with van der Waals surface area (Å²) in [5, 5.41) is 5.24. The Morgan fingerprint density at radius 3 is 2.69 bits per heavy atom. The second-order valence-corrected chi connectivity index (χ2v) is 7.47. The lowest BCUT2D eigenvalue weighted by Crippen LogP contribution is -2.38. The van der Waals surface area contributed by atoms with E-state index >= 15 is 0 Å². The molecule has 2 aromatic rings. The number of aromatic nitrogens is 2. The molecule has 0 unspecified atom stereocenters. The standard InChI is InChI=1S/C21H27N5O3/c1-14(2)21(29)26-10-4-5-16-6-7-17(13-18(16)26)24-20(28)19(27)23-9-12-25-11-8-22-15(25)3/h6-8,11,13-14H,4-5,9-10,12H2,1-3H3,(H,23,27)(H,24,28). The second-order valence-electron chi connectivity index (χ2n) is 7.47. The van der Waals surface area contributed by atoms with Crippen LogP contribution in [-0.2, 0) is 27.3 Å². The van der Waals surface area contributed by atoms with Gasteiger partial charge in [0.2, 0.25) is 5.91 Å². The highest BCUT2D eigenvalue weighted by molar-refractivity contribution is 6.39. The van der Waals surface area contributed by atoms with Crippen molar-refractivity contribution in [1.29, 1.82) is 0 Å². The van der Waals surface area contributed by atoms with Crippen LogP contribution in [0.4, 0.5) is 11.4 Å². The van der Waals surface area contributed by atoms with Crippen molar-refractivity contribution in [1.82, 2.24) is 14.9 Å². The lowest BCUT2D eigenvalue weighted by molar-refractivity contribution is -0.136. The van der Waals surface area contributed by atoms with Gasteiger partial charge in [0.05, 0.1) is 0 Å². The Kier molecular flexibility index (Phi) is 6.31. The van der Waals surface area contributed by atoms with Gasteiger partial charge in [0.1, 0.15) is 5.82 Å². The molecule has 0 atom stereocenters. The fourth-order valence-electron chi connectivity index (χ4n) is 3.39. The Morgan fingerprint density at radius 2 is 2.00 bits per heavy atom. The fourth-order valence-corrected chi connectivity index (χ4v) is 3.39. The van der Waals surface area contributed by atoms with Crippen LogP contribution in [0, 0.1) is 12.8 Å². The number of carbonyl (C=O) groups excluding carboxylic acids is 3. The average molecular weight is 397 g/mol. The van der Waals surface area contributed by atoms with E-state index in [1.165, 1.54) is 0 Å². The van der Waals surface area contributed by atoms with Crippen molar-refractivity contribution >= 4 is 29.1 Å². The van der Waals surface area contributed by atoms with Gasteiger partial charge >= 0.3 is 11.8 Å². The summed E-state index contributed by atoms with van der Waals surface area (Å²) in [4.78, 5) is 42.7. The minimum atomic E-state index is -0.732.